The van der Waals surface area contributed by atoms with E-state index in [0.717, 1.165) is 0 Å². The SMILES string of the molecule is Nc1cc(F)cc(Oc2cc(Cl)cc(Cl)c2)c1. The molecule has 0 saturated carbocycles. The number of anilines is 1. The van der Waals surface area contributed by atoms with Gasteiger partial charge in [-0.25, -0.2) is 4.39 Å². The van der Waals surface area contributed by atoms with E-state index in [0.29, 0.717) is 21.5 Å². The van der Waals surface area contributed by atoms with Crippen molar-refractivity contribution in [2.75, 3.05) is 5.73 Å². The van der Waals surface area contributed by atoms with Crippen molar-refractivity contribution in [2.45, 2.75) is 0 Å². The number of nitrogen functional groups attached to an aromatic ring is 1. The summed E-state index contributed by atoms with van der Waals surface area (Å²) < 4.78 is 18.5. The summed E-state index contributed by atoms with van der Waals surface area (Å²) in [5.74, 6) is 0.251. The smallest absolute Gasteiger partial charge is 0.132 e. The van der Waals surface area contributed by atoms with E-state index in [1.54, 1.807) is 18.2 Å². The Morgan fingerprint density at radius 2 is 1.47 bits per heavy atom. The van der Waals surface area contributed by atoms with Crippen molar-refractivity contribution in [3.05, 3.63) is 52.3 Å². The standard InChI is InChI=1S/C12H8Cl2FNO/c13-7-1-8(14)3-11(2-7)17-12-5-9(15)4-10(16)6-12/h1-6H,16H2. The summed E-state index contributed by atoms with van der Waals surface area (Å²) in [7, 11) is 0. The Kier molecular flexibility index (Phi) is 3.41. The van der Waals surface area contributed by atoms with Crippen LogP contribution in [-0.2, 0) is 0 Å². The number of hydrogen-bond acceptors (Lipinski definition) is 2. The van der Waals surface area contributed by atoms with Crippen molar-refractivity contribution >= 4 is 28.9 Å². The molecule has 0 aliphatic rings. The summed E-state index contributed by atoms with van der Waals surface area (Å²) >= 11 is 11.6. The van der Waals surface area contributed by atoms with Gasteiger partial charge in [0.2, 0.25) is 0 Å². The molecule has 17 heavy (non-hydrogen) atoms. The van der Waals surface area contributed by atoms with Crippen LogP contribution in [0.1, 0.15) is 0 Å². The molecule has 0 spiro atoms. The van der Waals surface area contributed by atoms with Gasteiger partial charge in [-0.3, -0.25) is 0 Å². The third-order valence-corrected chi connectivity index (χ3v) is 2.40. The van der Waals surface area contributed by atoms with Crippen molar-refractivity contribution in [1.29, 1.82) is 0 Å². The molecule has 5 heteroatoms. The number of benzene rings is 2. The predicted molar refractivity (Wildman–Crippen MR) is 67.3 cm³/mol. The highest BCUT2D eigenvalue weighted by Gasteiger charge is 2.03. The van der Waals surface area contributed by atoms with Crippen LogP contribution in [0.25, 0.3) is 0 Å². The second-order valence-corrected chi connectivity index (χ2v) is 4.30. The van der Waals surface area contributed by atoms with Gasteiger partial charge in [0.1, 0.15) is 17.3 Å². The fourth-order valence-corrected chi connectivity index (χ4v) is 1.87. The van der Waals surface area contributed by atoms with Gasteiger partial charge in [0, 0.05) is 27.9 Å². The number of nitrogens with two attached hydrogens (primary N) is 1. The molecular weight excluding hydrogens is 264 g/mol. The van der Waals surface area contributed by atoms with Crippen LogP contribution in [0.4, 0.5) is 10.1 Å². The van der Waals surface area contributed by atoms with E-state index in [4.69, 9.17) is 33.7 Å². The summed E-state index contributed by atoms with van der Waals surface area (Å²) in [5.41, 5.74) is 5.79. The average molecular weight is 272 g/mol. The molecule has 2 aromatic rings. The molecule has 0 fully saturated rings. The van der Waals surface area contributed by atoms with Crippen molar-refractivity contribution < 1.29 is 9.13 Å². The summed E-state index contributed by atoms with van der Waals surface area (Å²) in [6.07, 6.45) is 0. The molecule has 0 heterocycles. The lowest BCUT2D eigenvalue weighted by Gasteiger charge is -2.07. The van der Waals surface area contributed by atoms with E-state index in [-0.39, 0.29) is 5.69 Å². The highest BCUT2D eigenvalue weighted by molar-refractivity contribution is 6.34. The average Bonchev–Trinajstić information content (AvgIpc) is 2.13. The Morgan fingerprint density at radius 1 is 0.882 bits per heavy atom. The van der Waals surface area contributed by atoms with Gasteiger partial charge in [-0.1, -0.05) is 23.2 Å². The second-order valence-electron chi connectivity index (χ2n) is 3.43. The molecule has 2 rings (SSSR count). The summed E-state index contributed by atoms with van der Waals surface area (Å²) in [6.45, 7) is 0. The molecule has 0 saturated heterocycles. The van der Waals surface area contributed by atoms with Gasteiger partial charge in [0.25, 0.3) is 0 Å². The summed E-state index contributed by atoms with van der Waals surface area (Å²) in [5, 5.41) is 0.883. The number of ether oxygens (including phenoxy) is 1. The van der Waals surface area contributed by atoms with E-state index in [9.17, 15) is 4.39 Å². The second kappa shape index (κ2) is 4.82. The number of hydrogen-bond donors (Lipinski definition) is 1. The zero-order valence-corrected chi connectivity index (χ0v) is 10.1. The molecular formula is C12H8Cl2FNO. The predicted octanol–water partition coefficient (Wildman–Crippen LogP) is 4.51. The van der Waals surface area contributed by atoms with Gasteiger partial charge in [-0.15, -0.1) is 0 Å². The highest BCUT2D eigenvalue weighted by atomic mass is 35.5. The first-order valence-corrected chi connectivity index (χ1v) is 5.48. The molecule has 2 nitrogen and oxygen atoms in total. The Bertz CT molecular complexity index is 470. The minimum Gasteiger partial charge on any atom is -0.457 e. The van der Waals surface area contributed by atoms with E-state index in [1.165, 1.54) is 18.2 Å². The zero-order chi connectivity index (χ0) is 12.4. The maximum absolute atomic E-state index is 13.1. The van der Waals surface area contributed by atoms with Crippen molar-refractivity contribution in [1.82, 2.24) is 0 Å². The normalized spacial score (nSPS) is 10.3. The van der Waals surface area contributed by atoms with Crippen LogP contribution in [0, 0.1) is 5.82 Å². The van der Waals surface area contributed by atoms with E-state index < -0.39 is 5.82 Å². The number of halogens is 3. The minimum absolute atomic E-state index is 0.285. The summed E-state index contributed by atoms with van der Waals surface area (Å²) in [6, 6.07) is 8.68. The third kappa shape index (κ3) is 3.25. The molecule has 0 aromatic heterocycles. The maximum atomic E-state index is 13.1. The van der Waals surface area contributed by atoms with Crippen LogP contribution >= 0.6 is 23.2 Å². The minimum atomic E-state index is -0.465. The molecule has 2 aromatic carbocycles. The van der Waals surface area contributed by atoms with Crippen LogP contribution in [0.3, 0.4) is 0 Å². The van der Waals surface area contributed by atoms with Crippen LogP contribution in [0.2, 0.25) is 10.0 Å². The molecule has 88 valence electrons. The van der Waals surface area contributed by atoms with Crippen molar-refractivity contribution in [2.24, 2.45) is 0 Å². The first-order valence-electron chi connectivity index (χ1n) is 4.73. The van der Waals surface area contributed by atoms with E-state index in [1.807, 2.05) is 0 Å². The van der Waals surface area contributed by atoms with Crippen LogP contribution in [-0.4, -0.2) is 0 Å². The summed E-state index contributed by atoms with van der Waals surface area (Å²) in [4.78, 5) is 0. The largest absolute Gasteiger partial charge is 0.457 e. The Hall–Kier alpha value is -1.45. The Morgan fingerprint density at radius 3 is 2.06 bits per heavy atom. The lowest BCUT2D eigenvalue weighted by atomic mass is 10.3. The Labute approximate surface area is 108 Å². The van der Waals surface area contributed by atoms with Crippen LogP contribution in [0.15, 0.2) is 36.4 Å². The van der Waals surface area contributed by atoms with Gasteiger partial charge >= 0.3 is 0 Å². The van der Waals surface area contributed by atoms with Gasteiger partial charge in [-0.2, -0.15) is 0 Å². The molecule has 0 aliphatic heterocycles. The first-order chi connectivity index (χ1) is 8.02. The molecule has 2 N–H and O–H groups in total. The lowest BCUT2D eigenvalue weighted by molar-refractivity contribution is 0.477. The topological polar surface area (TPSA) is 35.2 Å². The van der Waals surface area contributed by atoms with Crippen LogP contribution in [0.5, 0.6) is 11.5 Å². The zero-order valence-electron chi connectivity index (χ0n) is 8.58. The fraction of sp³-hybridized carbons (Fsp3) is 0. The van der Waals surface area contributed by atoms with Gasteiger partial charge in [0.15, 0.2) is 0 Å². The Balaban J connectivity index is 2.31. The van der Waals surface area contributed by atoms with Gasteiger partial charge < -0.3 is 10.5 Å². The molecule has 0 amide bonds. The third-order valence-electron chi connectivity index (χ3n) is 1.97. The number of rotatable bonds is 2. The molecule has 0 unspecified atom stereocenters. The van der Waals surface area contributed by atoms with E-state index >= 15 is 0 Å². The van der Waals surface area contributed by atoms with Gasteiger partial charge in [-0.05, 0) is 24.3 Å². The fourth-order valence-electron chi connectivity index (χ4n) is 1.37. The molecule has 0 bridgehead atoms. The maximum Gasteiger partial charge on any atom is 0.132 e. The monoisotopic (exact) mass is 271 g/mol. The van der Waals surface area contributed by atoms with Crippen molar-refractivity contribution in [3.63, 3.8) is 0 Å². The molecule has 0 aliphatic carbocycles. The van der Waals surface area contributed by atoms with Gasteiger partial charge in [0.05, 0.1) is 0 Å². The lowest BCUT2D eigenvalue weighted by Crippen LogP contribution is -1.90. The van der Waals surface area contributed by atoms with Crippen molar-refractivity contribution in [3.8, 4) is 11.5 Å². The highest BCUT2D eigenvalue weighted by Crippen LogP contribution is 2.29. The molecule has 0 atom stereocenters. The quantitative estimate of drug-likeness (QED) is 0.816. The first kappa shape index (κ1) is 12.0. The van der Waals surface area contributed by atoms with Crippen LogP contribution < -0.4 is 10.5 Å². The van der Waals surface area contributed by atoms with E-state index in [2.05, 4.69) is 0 Å². The molecule has 0 radical (unpaired) electrons.